The molecule has 128 heavy (non-hydrogen) atoms. The van der Waals surface area contributed by atoms with Gasteiger partial charge in [0, 0.05) is 67.9 Å². The third kappa shape index (κ3) is 14.1. The maximum atomic E-state index is 13.8. The molecule has 0 fully saturated rings. The monoisotopic (exact) mass is 2000 g/mol. The van der Waals surface area contributed by atoms with E-state index in [-0.39, 0.29) is 62.4 Å². The van der Waals surface area contributed by atoms with Gasteiger partial charge in [0.15, 0.2) is 22.2 Å². The molecule has 16 heteroatoms. The summed E-state index contributed by atoms with van der Waals surface area (Å²) in [5, 5.41) is 2.09. The van der Waals surface area contributed by atoms with Crippen LogP contribution in [0.3, 0.4) is 0 Å². The summed E-state index contributed by atoms with van der Waals surface area (Å²) in [5.74, 6) is 0. The average molecular weight is 2000 g/mol. The van der Waals surface area contributed by atoms with Gasteiger partial charge in [0.2, 0.25) is 0 Å². The number of hydrogen-bond donors (Lipinski definition) is 0. The number of fused-ring (bicyclic) bond motifs is 8. The Morgan fingerprint density at radius 3 is 0.617 bits per heavy atom. The van der Waals surface area contributed by atoms with Crippen LogP contribution in [0.1, 0.15) is 0 Å². The first-order valence-electron chi connectivity index (χ1n) is 41.2. The molecule has 14 nitrogen and oxygen atoms in total. The molecule has 9 aromatic heterocycles. The first-order valence-corrected chi connectivity index (χ1v) is 41.2. The van der Waals surface area contributed by atoms with Gasteiger partial charge in [0.25, 0.3) is 0 Å². The minimum absolute atomic E-state index is 0. The topological polar surface area (TPSA) is 163 Å². The van der Waals surface area contributed by atoms with Gasteiger partial charge in [0.05, 0.1) is 22.1 Å². The summed E-state index contributed by atoms with van der Waals surface area (Å²) in [5.41, 5.74) is 29.0. The molecule has 0 saturated carbocycles. The summed E-state index contributed by atoms with van der Waals surface area (Å²) < 4.78 is 5.92. The fraction of sp³-hybridized carbons (Fsp3) is 0. The van der Waals surface area contributed by atoms with Crippen LogP contribution >= 0.6 is 0 Å². The normalized spacial score (nSPS) is 11.4. The molecule has 0 spiro atoms. The maximum absolute atomic E-state index is 13.8. The van der Waals surface area contributed by atoms with E-state index in [1.165, 1.54) is 17.6 Å². The van der Waals surface area contributed by atoms with Gasteiger partial charge in [-0.2, -0.15) is 0 Å². The van der Waals surface area contributed by atoms with Gasteiger partial charge in [0.1, 0.15) is 0 Å². The minimum Gasteiger partial charge on any atom is -0.389 e. The van der Waals surface area contributed by atoms with E-state index in [1.807, 2.05) is 194 Å². The van der Waals surface area contributed by atoms with Gasteiger partial charge in [-0.1, -0.05) is 334 Å². The first-order chi connectivity index (χ1) is 62.1. The Bertz CT molecular complexity index is 7840. The van der Waals surface area contributed by atoms with Crippen molar-refractivity contribution in [3.8, 4) is 156 Å². The van der Waals surface area contributed by atoms with Crippen LogP contribution in [0.15, 0.2) is 396 Å². The van der Waals surface area contributed by atoms with Crippen LogP contribution in [0.2, 0.25) is 0 Å². The first kappa shape index (κ1) is 79.1. The van der Waals surface area contributed by atoms with Gasteiger partial charge < -0.3 is 46.7 Å². The van der Waals surface area contributed by atoms with Crippen molar-refractivity contribution >= 4 is 66.2 Å². The molecule has 14 aromatic carbocycles. The zero-order chi connectivity index (χ0) is 84.0. The molecule has 0 unspecified atom stereocenters. The summed E-state index contributed by atoms with van der Waals surface area (Å²) in [6.45, 7) is 0. The van der Waals surface area contributed by atoms with Gasteiger partial charge in [-0.3, -0.25) is 19.9 Å². The third-order valence-electron chi connectivity index (χ3n) is 23.7. The van der Waals surface area contributed by atoms with Crippen molar-refractivity contribution in [1.29, 1.82) is 0 Å². The number of hydrogen-bond acceptors (Lipinski definition) is 10. The fourth-order valence-corrected chi connectivity index (χ4v) is 17.6. The van der Waals surface area contributed by atoms with Gasteiger partial charge in [-0.15, -0.1) is 83.9 Å². The molecule has 0 aliphatic carbocycles. The smallest absolute Gasteiger partial charge is 0.389 e. The van der Waals surface area contributed by atoms with Gasteiger partial charge in [-0.25, -0.2) is 0 Å². The Hall–Kier alpha value is -16.1. The Balaban J connectivity index is 0.00000498. The Labute approximate surface area is 758 Å². The van der Waals surface area contributed by atoms with Crippen molar-refractivity contribution in [2.45, 2.75) is 0 Å². The van der Waals surface area contributed by atoms with Crippen LogP contribution < -0.4 is 22.2 Å². The quantitative estimate of drug-likeness (QED) is 0.0756. The number of nitrogens with zero attached hydrogens (tertiary/aromatic N) is 10. The Morgan fingerprint density at radius 2 is 0.406 bits per heavy atom. The number of rotatable bonds is 14. The van der Waals surface area contributed by atoms with Crippen molar-refractivity contribution < 1.29 is 40.2 Å². The Morgan fingerprint density at radius 1 is 0.203 bits per heavy atom. The summed E-state index contributed by atoms with van der Waals surface area (Å²) in [7, 11) is 0. The van der Waals surface area contributed by atoms with Crippen molar-refractivity contribution in [2.24, 2.45) is 0 Å². The average Bonchev–Trinajstić information content (AvgIpc) is 0.770. The number of benzene rings is 14. The fourth-order valence-electron chi connectivity index (χ4n) is 17.6. The second-order valence-corrected chi connectivity index (χ2v) is 31.1. The zero-order valence-electron chi connectivity index (χ0n) is 67.6. The zero-order valence-corrected chi connectivity index (χ0v) is 72.4. The molecule has 0 aliphatic rings. The van der Waals surface area contributed by atoms with E-state index in [1.54, 1.807) is 36.7 Å². The van der Waals surface area contributed by atoms with Crippen LogP contribution in [-0.2, 0) is 40.2 Å². The molecule has 0 aliphatic heterocycles. The second kappa shape index (κ2) is 32.9. The summed E-state index contributed by atoms with van der Waals surface area (Å²) >= 11 is 0. The van der Waals surface area contributed by atoms with Crippen molar-refractivity contribution in [2.75, 3.05) is 0 Å². The van der Waals surface area contributed by atoms with Crippen molar-refractivity contribution in [3.05, 3.63) is 455 Å². The molecule has 0 radical (unpaired) electrons. The number of para-hydroxylation sites is 4. The number of pyridine rings is 4. The molecule has 0 saturated heterocycles. The van der Waals surface area contributed by atoms with E-state index < -0.39 is 0 Å². The molecule has 0 bridgehead atoms. The van der Waals surface area contributed by atoms with Crippen LogP contribution in [0.5, 0.6) is 0 Å². The van der Waals surface area contributed by atoms with E-state index in [0.717, 1.165) is 145 Å². The van der Waals surface area contributed by atoms with Crippen LogP contribution in [0.4, 0.5) is 0 Å². The Kier molecular flexibility index (Phi) is 20.3. The predicted octanol–water partition coefficient (Wildman–Crippen LogP) is 23.3. The van der Waals surface area contributed by atoms with Crippen molar-refractivity contribution in [1.82, 2.24) is 47.5 Å². The summed E-state index contributed by atoms with van der Waals surface area (Å²) in [4.78, 5) is 85.0. The van der Waals surface area contributed by atoms with Gasteiger partial charge in [-0.05, 0) is 127 Å². The molecule has 602 valence electrons. The molecular weight excluding hydrogens is 1930 g/mol. The van der Waals surface area contributed by atoms with E-state index in [0.29, 0.717) is 77.6 Å². The third-order valence-corrected chi connectivity index (χ3v) is 23.7. The van der Waals surface area contributed by atoms with Gasteiger partial charge >= 0.3 is 40.2 Å². The van der Waals surface area contributed by atoms with E-state index in [4.69, 9.17) is 29.9 Å². The molecule has 23 rings (SSSR count). The SMILES string of the molecule is O=c1c2ccccc2nc2cc(-c3ccccc3-c3cc(-c4ccccc4-c4c[c-]c(-c5cnc(-c6[c-]cc(-c7ccccc7-c7cc(-c8ccccc8-c8c[c-]n9c(=O)c%10ccccc%10nc9c8)cc(-c8ccccc8-c8c[c-]n9c(=O)c%10ccccc%10nc9c8)c7)cc6)cn5)cc4)cc(-c4ccccc4-c4c[c-]n5c(=O)c6ccccc6nc5c4)c3)c[c-]n12.[Ir+3].[Ir+3]. The molecule has 9 heterocycles. The van der Waals surface area contributed by atoms with E-state index >= 15 is 0 Å². The van der Waals surface area contributed by atoms with Crippen LogP contribution in [0, 0.1) is 36.9 Å². The summed E-state index contributed by atoms with van der Waals surface area (Å²) in [6, 6.07) is 128. The van der Waals surface area contributed by atoms with E-state index in [2.05, 4.69) is 183 Å². The molecule has 0 N–H and O–H groups in total. The second-order valence-electron chi connectivity index (χ2n) is 31.1. The van der Waals surface area contributed by atoms with E-state index in [9.17, 15) is 19.2 Å². The molecule has 0 atom stereocenters. The van der Waals surface area contributed by atoms with Crippen molar-refractivity contribution in [3.63, 3.8) is 0 Å². The number of aromatic nitrogens is 10. The standard InChI is InChI=1S/C112H62N10O4.2Ir/c123-109-95-33-13-17-37-99(95)115-105-63-73(49-53-119(105)109)85-23-3-9-29-91(85)79-57-77(58-80(61-79)92-30-10-4-24-86(92)74-50-54-120-106(64-74)116-100-38-18-14-34-96(100)110(120)124)89-27-7-1-21-83(89)69-41-45-71(46-42-69)103-67-114-104(68-113-103)72-47-43-70(44-48-72)84-22-2-8-28-90(84)78-59-81(93-31-11-5-25-87(93)75-51-55-121-107(65-75)117-101-39-19-15-35-97(101)111(121)125)62-82(60-78)94-32-12-6-26-88(94)76-52-56-122-108(66-76)118-102-40-20-16-36-98(102)112(122)126;;/h1-45,47,49-52,57-68H;;/q-6;2*+3. The molecule has 0 amide bonds. The molecule has 23 aromatic rings. The van der Waals surface area contributed by atoms with Crippen LogP contribution in [-0.4, -0.2) is 47.5 Å². The maximum Gasteiger partial charge on any atom is 3.00 e. The minimum atomic E-state index is -0.184. The largest absolute Gasteiger partial charge is 3.00 e. The predicted molar refractivity (Wildman–Crippen MR) is 501 cm³/mol. The molecular formula is C112H62Ir2N10O4. The summed E-state index contributed by atoms with van der Waals surface area (Å²) in [6.07, 6.45) is 16.6. The van der Waals surface area contributed by atoms with Crippen LogP contribution in [0.25, 0.3) is 222 Å².